The lowest BCUT2D eigenvalue weighted by molar-refractivity contribution is -0.280. The molecular formula is C24H36O8. The minimum Gasteiger partial charge on any atom is -0.465 e. The van der Waals surface area contributed by atoms with Gasteiger partial charge in [0, 0.05) is 25.2 Å². The summed E-state index contributed by atoms with van der Waals surface area (Å²) in [6, 6.07) is 0. The Kier molecular flexibility index (Phi) is 5.56. The van der Waals surface area contributed by atoms with Crippen LogP contribution in [0.2, 0.25) is 0 Å². The van der Waals surface area contributed by atoms with E-state index in [-0.39, 0.29) is 18.9 Å². The first kappa shape index (κ1) is 23.7. The van der Waals surface area contributed by atoms with Gasteiger partial charge in [0.15, 0.2) is 0 Å². The minimum atomic E-state index is -1.21. The van der Waals surface area contributed by atoms with Crippen LogP contribution in [-0.4, -0.2) is 69.5 Å². The molecule has 180 valence electrons. The number of rotatable bonds is 3. The average Bonchev–Trinajstić information content (AvgIpc) is 2.83. The molecule has 4 saturated carbocycles. The summed E-state index contributed by atoms with van der Waals surface area (Å²) < 4.78 is 11.1. The Morgan fingerprint density at radius 3 is 2.31 bits per heavy atom. The fraction of sp³-hybridized carbons (Fsp3) is 0.833. The molecule has 0 aromatic carbocycles. The predicted molar refractivity (Wildman–Crippen MR) is 113 cm³/mol. The van der Waals surface area contributed by atoms with Gasteiger partial charge < -0.3 is 29.9 Å². The summed E-state index contributed by atoms with van der Waals surface area (Å²) in [5.41, 5.74) is -2.11. The lowest BCUT2D eigenvalue weighted by Gasteiger charge is -2.67. The number of carbonyl (C=O) groups excluding carboxylic acids is 2. The Balaban J connectivity index is 1.81. The van der Waals surface area contributed by atoms with Crippen molar-refractivity contribution in [2.24, 2.45) is 34.0 Å². The highest BCUT2D eigenvalue weighted by Gasteiger charge is 2.76. The van der Waals surface area contributed by atoms with Crippen LogP contribution in [0.4, 0.5) is 0 Å². The van der Waals surface area contributed by atoms with E-state index >= 15 is 0 Å². The molecular weight excluding hydrogens is 416 g/mol. The number of aliphatic hydroxyl groups excluding tert-OH is 4. The van der Waals surface area contributed by atoms with E-state index in [1.165, 1.54) is 13.8 Å². The molecule has 11 unspecified atom stereocenters. The molecule has 0 aliphatic heterocycles. The molecule has 8 nitrogen and oxygen atoms in total. The molecule has 4 rings (SSSR count). The van der Waals surface area contributed by atoms with Crippen LogP contribution in [0.5, 0.6) is 0 Å². The first-order chi connectivity index (χ1) is 14.8. The molecule has 8 heteroatoms. The lowest BCUT2D eigenvalue weighted by Crippen LogP contribution is -2.71. The number of carbonyl (C=O) groups is 2. The molecule has 0 radical (unpaired) electrons. The Hall–Kier alpha value is -1.48. The van der Waals surface area contributed by atoms with Crippen molar-refractivity contribution in [1.29, 1.82) is 0 Å². The highest BCUT2D eigenvalue weighted by Crippen LogP contribution is 2.72. The van der Waals surface area contributed by atoms with Crippen molar-refractivity contribution < 1.29 is 39.5 Å². The van der Waals surface area contributed by atoms with E-state index in [2.05, 4.69) is 13.5 Å². The summed E-state index contributed by atoms with van der Waals surface area (Å²) in [5, 5.41) is 44.9. The molecule has 0 saturated heterocycles. The third-order valence-electron chi connectivity index (χ3n) is 9.60. The summed E-state index contributed by atoms with van der Waals surface area (Å²) in [6.45, 7) is 10.6. The summed E-state index contributed by atoms with van der Waals surface area (Å²) in [4.78, 5) is 23.5. The van der Waals surface area contributed by atoms with Crippen molar-refractivity contribution in [2.75, 3.05) is 6.61 Å². The fourth-order valence-electron chi connectivity index (χ4n) is 8.23. The van der Waals surface area contributed by atoms with Gasteiger partial charge in [0.1, 0.15) is 12.7 Å². The molecule has 4 fully saturated rings. The van der Waals surface area contributed by atoms with Crippen LogP contribution in [0.1, 0.15) is 53.4 Å². The number of fused-ring (bicyclic) bond motifs is 3. The topological polar surface area (TPSA) is 134 Å². The maximum Gasteiger partial charge on any atom is 0.302 e. The van der Waals surface area contributed by atoms with Gasteiger partial charge in [-0.05, 0) is 48.5 Å². The van der Waals surface area contributed by atoms with Crippen molar-refractivity contribution >= 4 is 11.9 Å². The Morgan fingerprint density at radius 2 is 1.72 bits per heavy atom. The SMILES string of the molecule is C=C1C2C(O)CC3C4(C)CCC(OC(C)=O)C(C)(COC(C)=O)C4CC(O)C3(C1O)C2O. The summed E-state index contributed by atoms with van der Waals surface area (Å²) in [5.74, 6) is -2.17. The van der Waals surface area contributed by atoms with Gasteiger partial charge in [0.25, 0.3) is 0 Å². The zero-order chi connectivity index (χ0) is 23.8. The van der Waals surface area contributed by atoms with Crippen molar-refractivity contribution in [3.8, 4) is 0 Å². The monoisotopic (exact) mass is 452 g/mol. The highest BCUT2D eigenvalue weighted by molar-refractivity contribution is 5.66. The quantitative estimate of drug-likeness (QED) is 0.367. The number of hydrogen-bond donors (Lipinski definition) is 4. The van der Waals surface area contributed by atoms with Crippen molar-refractivity contribution in [3.63, 3.8) is 0 Å². The smallest absolute Gasteiger partial charge is 0.302 e. The van der Waals surface area contributed by atoms with Crippen LogP contribution < -0.4 is 0 Å². The van der Waals surface area contributed by atoms with Gasteiger partial charge in [-0.2, -0.15) is 0 Å². The van der Waals surface area contributed by atoms with E-state index in [9.17, 15) is 30.0 Å². The minimum absolute atomic E-state index is 0.0238. The molecule has 4 aliphatic rings. The summed E-state index contributed by atoms with van der Waals surface area (Å²) in [6.07, 6.45) is -2.96. The first-order valence-corrected chi connectivity index (χ1v) is 11.5. The molecule has 0 aromatic rings. The van der Waals surface area contributed by atoms with E-state index in [1.54, 1.807) is 0 Å². The average molecular weight is 453 g/mol. The van der Waals surface area contributed by atoms with Gasteiger partial charge in [0.05, 0.1) is 29.8 Å². The van der Waals surface area contributed by atoms with Gasteiger partial charge in [0.2, 0.25) is 0 Å². The number of ether oxygens (including phenoxy) is 2. The third-order valence-corrected chi connectivity index (χ3v) is 9.60. The Bertz CT molecular complexity index is 827. The van der Waals surface area contributed by atoms with Crippen LogP contribution in [0.25, 0.3) is 0 Å². The third kappa shape index (κ3) is 2.89. The maximum absolute atomic E-state index is 11.8. The second kappa shape index (κ2) is 7.52. The maximum atomic E-state index is 11.8. The van der Waals surface area contributed by atoms with E-state index in [0.717, 1.165) is 0 Å². The van der Waals surface area contributed by atoms with Crippen LogP contribution in [0, 0.1) is 34.0 Å². The second-order valence-corrected chi connectivity index (χ2v) is 11.0. The zero-order valence-electron chi connectivity index (χ0n) is 19.3. The number of esters is 2. The van der Waals surface area contributed by atoms with Gasteiger partial charge >= 0.3 is 11.9 Å². The van der Waals surface area contributed by atoms with Crippen molar-refractivity contribution in [3.05, 3.63) is 12.2 Å². The molecule has 0 heterocycles. The van der Waals surface area contributed by atoms with Gasteiger partial charge in [-0.25, -0.2) is 0 Å². The first-order valence-electron chi connectivity index (χ1n) is 11.5. The Morgan fingerprint density at radius 1 is 1.06 bits per heavy atom. The normalized spacial score (nSPS) is 52.1. The van der Waals surface area contributed by atoms with E-state index in [1.807, 2.05) is 6.92 Å². The summed E-state index contributed by atoms with van der Waals surface area (Å²) >= 11 is 0. The van der Waals surface area contributed by atoms with Gasteiger partial charge in [-0.1, -0.05) is 20.4 Å². The standard InChI is InChI=1S/C24H36O8/c1-11-19-14(27)8-16-22(4)7-6-18(32-13(3)26)23(5,10-31-12(2)25)15(22)9-17(28)24(16,20(11)29)21(19)30/h14-21,27-30H,1,6-10H2,2-5H3. The predicted octanol–water partition coefficient (Wildman–Crippen LogP) is 0.943. The molecule has 4 N–H and O–H groups in total. The van der Waals surface area contributed by atoms with Crippen molar-refractivity contribution in [1.82, 2.24) is 0 Å². The number of aliphatic hydroxyl groups is 4. The van der Waals surface area contributed by atoms with E-state index < -0.39 is 70.5 Å². The van der Waals surface area contributed by atoms with Crippen LogP contribution >= 0.6 is 0 Å². The molecule has 0 aromatic heterocycles. The van der Waals surface area contributed by atoms with E-state index in [4.69, 9.17) is 9.47 Å². The van der Waals surface area contributed by atoms with Gasteiger partial charge in [-0.15, -0.1) is 0 Å². The molecule has 1 spiro atoms. The van der Waals surface area contributed by atoms with Crippen LogP contribution in [0.15, 0.2) is 12.2 Å². The van der Waals surface area contributed by atoms with Crippen LogP contribution in [0.3, 0.4) is 0 Å². The highest BCUT2D eigenvalue weighted by atomic mass is 16.6. The molecule has 11 atom stereocenters. The molecule has 4 aliphatic carbocycles. The molecule has 32 heavy (non-hydrogen) atoms. The van der Waals surface area contributed by atoms with Gasteiger partial charge in [-0.3, -0.25) is 9.59 Å². The Labute approximate surface area is 188 Å². The number of hydrogen-bond acceptors (Lipinski definition) is 8. The fourth-order valence-corrected chi connectivity index (χ4v) is 8.23. The molecule has 0 amide bonds. The summed E-state index contributed by atoms with van der Waals surface area (Å²) in [7, 11) is 0. The molecule has 2 bridgehead atoms. The largest absolute Gasteiger partial charge is 0.465 e. The second-order valence-electron chi connectivity index (χ2n) is 11.0. The van der Waals surface area contributed by atoms with Crippen molar-refractivity contribution in [2.45, 2.75) is 83.9 Å². The van der Waals surface area contributed by atoms with Crippen LogP contribution in [-0.2, 0) is 19.1 Å². The zero-order valence-corrected chi connectivity index (χ0v) is 19.3. The lowest BCUT2D eigenvalue weighted by atomic mass is 9.39. The van der Waals surface area contributed by atoms with E-state index in [0.29, 0.717) is 24.8 Å².